The van der Waals surface area contributed by atoms with E-state index < -0.39 is 18.8 Å². The molecule has 0 aromatic rings. The van der Waals surface area contributed by atoms with Gasteiger partial charge in [0.25, 0.3) is 0 Å². The van der Waals surface area contributed by atoms with E-state index >= 15 is 0 Å². The molecule has 1 rings (SSSR count). The number of rotatable bonds is 1. The molecule has 3 nitrogen and oxygen atoms in total. The van der Waals surface area contributed by atoms with E-state index in [-0.39, 0.29) is 12.5 Å². The fraction of sp³-hybridized carbons (Fsp3) is 1.00. The summed E-state index contributed by atoms with van der Waals surface area (Å²) in [7, 11) is 0. The van der Waals surface area contributed by atoms with E-state index in [0.29, 0.717) is 0 Å². The van der Waals surface area contributed by atoms with E-state index in [4.69, 9.17) is 11.2 Å². The second kappa shape index (κ2) is 2.64. The van der Waals surface area contributed by atoms with Crippen molar-refractivity contribution in [2.75, 3.05) is 13.2 Å². The molecule has 9 heavy (non-hydrogen) atoms. The van der Waals surface area contributed by atoms with E-state index in [1.807, 2.05) is 0 Å². The second-order valence-corrected chi connectivity index (χ2v) is 2.34. The summed E-state index contributed by atoms with van der Waals surface area (Å²) in [6, 6.07) is 0. The van der Waals surface area contributed by atoms with Crippen molar-refractivity contribution in [1.29, 1.82) is 0 Å². The molecule has 0 bridgehead atoms. The average Bonchev–Trinajstić information content (AvgIpc) is 2.17. The van der Waals surface area contributed by atoms with Gasteiger partial charge in [0.1, 0.15) is 6.10 Å². The first-order chi connectivity index (χ1) is 4.66. The topological polar surface area (TPSA) is 49.7 Å². The number of hydrogen-bond acceptors (Lipinski definition) is 3. The third-order valence-electron chi connectivity index (χ3n) is 1.57. The van der Waals surface area contributed by atoms with Crippen LogP contribution in [0.4, 0.5) is 0 Å². The Morgan fingerprint density at radius 1 is 1.89 bits per heavy atom. The Morgan fingerprint density at radius 3 is 2.78 bits per heavy atom. The zero-order chi connectivity index (χ0) is 7.72. The summed E-state index contributed by atoms with van der Waals surface area (Å²) in [5.74, 6) is -0.197. The van der Waals surface area contributed by atoms with Crippen molar-refractivity contribution in [2.45, 2.75) is 19.1 Å². The fourth-order valence-corrected chi connectivity index (χ4v) is 0.875. The van der Waals surface area contributed by atoms with Crippen molar-refractivity contribution in [1.82, 2.24) is 0 Å². The van der Waals surface area contributed by atoms with Crippen LogP contribution in [0.15, 0.2) is 0 Å². The SMILES string of the molecule is [3H]C1O[C@H](CO)C(O)[C@@H]1C. The molecule has 0 saturated carbocycles. The highest BCUT2D eigenvalue weighted by Gasteiger charge is 2.31. The normalized spacial score (nSPS) is 53.4. The molecular weight excluding hydrogens is 120 g/mol. The zero-order valence-electron chi connectivity index (χ0n) is 6.32. The third-order valence-corrected chi connectivity index (χ3v) is 1.57. The molecule has 2 unspecified atom stereocenters. The smallest absolute Gasteiger partial charge is 0.107 e. The van der Waals surface area contributed by atoms with Gasteiger partial charge in [-0.15, -0.1) is 0 Å². The third kappa shape index (κ3) is 1.23. The maximum atomic E-state index is 9.22. The van der Waals surface area contributed by atoms with E-state index in [0.717, 1.165) is 0 Å². The first kappa shape index (κ1) is 5.65. The lowest BCUT2D eigenvalue weighted by Gasteiger charge is -2.10. The minimum atomic E-state index is -0.688. The van der Waals surface area contributed by atoms with Gasteiger partial charge < -0.3 is 14.9 Å². The Bertz CT molecular complexity index is 120. The molecule has 0 aromatic carbocycles. The minimum absolute atomic E-state index is 0.197. The van der Waals surface area contributed by atoms with Gasteiger partial charge in [-0.2, -0.15) is 0 Å². The summed E-state index contributed by atoms with van der Waals surface area (Å²) < 4.78 is 12.1. The number of hydrogen-bond donors (Lipinski definition) is 2. The molecule has 0 aromatic heterocycles. The van der Waals surface area contributed by atoms with Crippen LogP contribution in [-0.2, 0) is 4.74 Å². The van der Waals surface area contributed by atoms with Gasteiger partial charge in [0.05, 0.1) is 20.7 Å². The van der Waals surface area contributed by atoms with E-state index in [2.05, 4.69) is 0 Å². The quantitative estimate of drug-likeness (QED) is 0.502. The summed E-state index contributed by atoms with van der Waals surface area (Å²) in [6.07, 6.45) is -1.25. The van der Waals surface area contributed by atoms with Crippen molar-refractivity contribution in [3.05, 3.63) is 0 Å². The zero-order valence-corrected chi connectivity index (χ0v) is 5.32. The maximum Gasteiger partial charge on any atom is 0.107 e. The van der Waals surface area contributed by atoms with Gasteiger partial charge in [0.2, 0.25) is 0 Å². The number of ether oxygens (including phenoxy) is 1. The summed E-state index contributed by atoms with van der Waals surface area (Å²) >= 11 is 0. The molecule has 1 heterocycles. The van der Waals surface area contributed by atoms with Crippen molar-refractivity contribution >= 4 is 0 Å². The molecule has 1 saturated heterocycles. The van der Waals surface area contributed by atoms with Gasteiger partial charge in [0.15, 0.2) is 0 Å². The van der Waals surface area contributed by atoms with Crippen molar-refractivity contribution in [2.24, 2.45) is 5.92 Å². The van der Waals surface area contributed by atoms with Crippen LogP contribution >= 0.6 is 0 Å². The van der Waals surface area contributed by atoms with E-state index in [1.165, 1.54) is 0 Å². The van der Waals surface area contributed by atoms with Gasteiger partial charge in [-0.1, -0.05) is 6.92 Å². The van der Waals surface area contributed by atoms with Gasteiger partial charge in [-0.3, -0.25) is 0 Å². The Hall–Kier alpha value is -0.120. The minimum Gasteiger partial charge on any atom is -0.394 e. The predicted molar refractivity (Wildman–Crippen MR) is 32.0 cm³/mol. The van der Waals surface area contributed by atoms with Crippen LogP contribution in [0, 0.1) is 5.92 Å². The van der Waals surface area contributed by atoms with Crippen LogP contribution in [0.5, 0.6) is 0 Å². The molecular formula is C6H12O3. The largest absolute Gasteiger partial charge is 0.394 e. The first-order valence-electron chi connectivity index (χ1n) is 3.61. The standard InChI is InChI=1S/C6H12O3/c1-4-3-9-5(2-7)6(4)8/h4-8H,2-3H2,1H3/t4-,5-,6?/m1/s1/i3T/t3?,4-,5-,6?. The molecule has 54 valence electrons. The van der Waals surface area contributed by atoms with E-state index in [9.17, 15) is 5.11 Å². The van der Waals surface area contributed by atoms with Crippen molar-refractivity contribution in [3.8, 4) is 0 Å². The van der Waals surface area contributed by atoms with Crippen LogP contribution in [0.1, 0.15) is 8.29 Å². The lowest BCUT2D eigenvalue weighted by atomic mass is 10.1. The Kier molecular flexibility index (Phi) is 1.66. The summed E-state index contributed by atoms with van der Waals surface area (Å²) in [5.41, 5.74) is 0. The van der Waals surface area contributed by atoms with Gasteiger partial charge in [-0.25, -0.2) is 0 Å². The summed E-state index contributed by atoms with van der Waals surface area (Å²) in [4.78, 5) is 0. The second-order valence-electron chi connectivity index (χ2n) is 2.34. The Morgan fingerprint density at radius 2 is 2.56 bits per heavy atom. The van der Waals surface area contributed by atoms with E-state index in [1.54, 1.807) is 6.92 Å². The van der Waals surface area contributed by atoms with Gasteiger partial charge in [-0.05, 0) is 0 Å². The van der Waals surface area contributed by atoms with Gasteiger partial charge in [0, 0.05) is 5.92 Å². The fourth-order valence-electron chi connectivity index (χ4n) is 0.875. The molecule has 0 spiro atoms. The van der Waals surface area contributed by atoms with Crippen LogP contribution in [0.3, 0.4) is 0 Å². The molecule has 1 fully saturated rings. The molecule has 2 N–H and O–H groups in total. The molecule has 3 heteroatoms. The molecule has 1 aliphatic heterocycles. The highest BCUT2D eigenvalue weighted by atomic mass is 16.5. The van der Waals surface area contributed by atoms with Crippen molar-refractivity contribution < 1.29 is 16.3 Å². The summed E-state index contributed by atoms with van der Waals surface area (Å²) in [6.45, 7) is 0.839. The molecule has 0 amide bonds. The first-order valence-corrected chi connectivity index (χ1v) is 3.03. The molecule has 0 aliphatic carbocycles. The monoisotopic (exact) mass is 134 g/mol. The molecule has 0 radical (unpaired) electrons. The highest BCUT2D eigenvalue weighted by molar-refractivity contribution is 4.79. The Balaban J connectivity index is 2.53. The van der Waals surface area contributed by atoms with Crippen LogP contribution in [-0.4, -0.2) is 35.6 Å². The van der Waals surface area contributed by atoms with Crippen molar-refractivity contribution in [3.63, 3.8) is 0 Å². The summed E-state index contributed by atoms with van der Waals surface area (Å²) in [5, 5.41) is 17.8. The van der Waals surface area contributed by atoms with Gasteiger partial charge >= 0.3 is 0 Å². The lowest BCUT2D eigenvalue weighted by Crippen LogP contribution is -2.27. The van der Waals surface area contributed by atoms with Crippen LogP contribution < -0.4 is 0 Å². The van der Waals surface area contributed by atoms with Crippen LogP contribution in [0.25, 0.3) is 0 Å². The molecule has 1 aliphatic rings. The molecule has 4 atom stereocenters. The highest BCUT2D eigenvalue weighted by Crippen LogP contribution is 2.18. The van der Waals surface area contributed by atoms with Crippen LogP contribution in [0.2, 0.25) is 0 Å². The maximum absolute atomic E-state index is 9.22. The lowest BCUT2D eigenvalue weighted by molar-refractivity contribution is 0.00208. The predicted octanol–water partition coefficient (Wildman–Crippen LogP) is -0.626. The number of aliphatic hydroxyl groups is 2. The average molecular weight is 134 g/mol. The number of aliphatic hydroxyl groups excluding tert-OH is 2. The Labute approximate surface area is 55.7 Å².